The van der Waals surface area contributed by atoms with E-state index in [0.717, 1.165) is 36.3 Å². The van der Waals surface area contributed by atoms with Gasteiger partial charge in [0.05, 0.1) is 12.0 Å². The molecule has 1 fully saturated rings. The highest BCUT2D eigenvalue weighted by Gasteiger charge is 2.20. The standard InChI is InChI=1S/C14H22N2O3S.ClH/c1-10-7-13(8-11(2)14(10)19-3)20(17,18)16-9-12-5-4-6-15-12;/h7-8,12,15-16H,4-6,9H2,1-3H3;1H. The zero-order valence-corrected chi connectivity index (χ0v) is 14.2. The quantitative estimate of drug-likeness (QED) is 0.861. The van der Waals surface area contributed by atoms with Crippen molar-refractivity contribution in [3.8, 4) is 5.75 Å². The molecule has 0 spiro atoms. The van der Waals surface area contributed by atoms with Crippen molar-refractivity contribution in [2.45, 2.75) is 37.6 Å². The molecule has 1 aromatic rings. The fraction of sp³-hybridized carbons (Fsp3) is 0.571. The number of hydrogen-bond acceptors (Lipinski definition) is 4. The molecule has 7 heteroatoms. The summed E-state index contributed by atoms with van der Waals surface area (Å²) in [6, 6.07) is 3.54. The van der Waals surface area contributed by atoms with Crippen LogP contribution in [0.25, 0.3) is 0 Å². The second-order valence-electron chi connectivity index (χ2n) is 5.24. The summed E-state index contributed by atoms with van der Waals surface area (Å²) in [5.74, 6) is 0.737. The summed E-state index contributed by atoms with van der Waals surface area (Å²) in [5, 5.41) is 3.27. The SMILES string of the molecule is COc1c(C)cc(S(=O)(=O)NCC2CCCN2)cc1C.Cl. The van der Waals surface area contributed by atoms with Crippen molar-refractivity contribution < 1.29 is 13.2 Å². The topological polar surface area (TPSA) is 67.4 Å². The number of sulfonamides is 1. The average Bonchev–Trinajstić information content (AvgIpc) is 2.89. The molecule has 1 unspecified atom stereocenters. The van der Waals surface area contributed by atoms with Gasteiger partial charge in [0, 0.05) is 12.6 Å². The van der Waals surface area contributed by atoms with Crippen LogP contribution in [0.2, 0.25) is 0 Å². The molecule has 0 amide bonds. The summed E-state index contributed by atoms with van der Waals surface area (Å²) < 4.78 is 32.6. The predicted octanol–water partition coefficient (Wildman–Crippen LogP) is 1.76. The number of rotatable bonds is 5. The molecule has 1 aliphatic heterocycles. The molecular weight excluding hydrogens is 312 g/mol. The fourth-order valence-electron chi connectivity index (χ4n) is 2.61. The number of ether oxygens (including phenoxy) is 1. The number of aryl methyl sites for hydroxylation is 2. The number of nitrogens with one attached hydrogen (secondary N) is 2. The highest BCUT2D eigenvalue weighted by Crippen LogP contribution is 2.26. The average molecular weight is 335 g/mol. The normalized spacial score (nSPS) is 18.3. The predicted molar refractivity (Wildman–Crippen MR) is 85.9 cm³/mol. The molecule has 1 aliphatic rings. The maximum Gasteiger partial charge on any atom is 0.240 e. The van der Waals surface area contributed by atoms with Crippen molar-refractivity contribution in [1.82, 2.24) is 10.0 Å². The summed E-state index contributed by atoms with van der Waals surface area (Å²) in [6.45, 7) is 5.10. The summed E-state index contributed by atoms with van der Waals surface area (Å²) in [5.41, 5.74) is 1.65. The molecule has 2 rings (SSSR count). The van der Waals surface area contributed by atoms with Gasteiger partial charge >= 0.3 is 0 Å². The van der Waals surface area contributed by atoms with Crippen LogP contribution in [0.1, 0.15) is 24.0 Å². The van der Waals surface area contributed by atoms with Crippen LogP contribution >= 0.6 is 12.4 Å². The first-order valence-electron chi connectivity index (χ1n) is 6.82. The molecule has 120 valence electrons. The van der Waals surface area contributed by atoms with Crippen molar-refractivity contribution in [3.05, 3.63) is 23.3 Å². The lowest BCUT2D eigenvalue weighted by molar-refractivity contribution is 0.408. The Morgan fingerprint density at radius 3 is 2.43 bits per heavy atom. The molecule has 1 heterocycles. The minimum atomic E-state index is -3.46. The van der Waals surface area contributed by atoms with E-state index >= 15 is 0 Å². The van der Waals surface area contributed by atoms with Crippen molar-refractivity contribution in [2.75, 3.05) is 20.2 Å². The van der Waals surface area contributed by atoms with Gasteiger partial charge in [0.15, 0.2) is 0 Å². The maximum atomic E-state index is 12.3. The Bertz CT molecular complexity index is 561. The Balaban J connectivity index is 0.00000220. The molecule has 1 atom stereocenters. The molecule has 1 saturated heterocycles. The van der Waals surface area contributed by atoms with Gasteiger partial charge in [-0.25, -0.2) is 13.1 Å². The van der Waals surface area contributed by atoms with Crippen molar-refractivity contribution in [1.29, 1.82) is 0 Å². The zero-order chi connectivity index (χ0) is 14.8. The van der Waals surface area contributed by atoms with Gasteiger partial charge < -0.3 is 10.1 Å². The molecule has 2 N–H and O–H groups in total. The van der Waals surface area contributed by atoms with Gasteiger partial charge in [0.2, 0.25) is 10.0 Å². The highest BCUT2D eigenvalue weighted by atomic mass is 35.5. The van der Waals surface area contributed by atoms with Crippen molar-refractivity contribution in [2.24, 2.45) is 0 Å². The van der Waals surface area contributed by atoms with E-state index in [-0.39, 0.29) is 18.4 Å². The summed E-state index contributed by atoms with van der Waals surface area (Å²) in [7, 11) is -1.87. The van der Waals surface area contributed by atoms with E-state index in [1.807, 2.05) is 13.8 Å². The number of hydrogen-bond donors (Lipinski definition) is 2. The van der Waals surface area contributed by atoms with E-state index in [0.29, 0.717) is 11.4 Å². The molecule has 0 saturated carbocycles. The van der Waals surface area contributed by atoms with Gasteiger partial charge in [-0.2, -0.15) is 0 Å². The van der Waals surface area contributed by atoms with Gasteiger partial charge in [-0.1, -0.05) is 0 Å². The van der Waals surface area contributed by atoms with Crippen LogP contribution in [0, 0.1) is 13.8 Å². The van der Waals surface area contributed by atoms with E-state index < -0.39 is 10.0 Å². The molecular formula is C14H23ClN2O3S. The third kappa shape index (κ3) is 4.32. The van der Waals surface area contributed by atoms with Gasteiger partial charge in [0.25, 0.3) is 0 Å². The van der Waals surface area contributed by atoms with Crippen LogP contribution in [-0.2, 0) is 10.0 Å². The van der Waals surface area contributed by atoms with E-state index in [1.165, 1.54) is 0 Å². The Morgan fingerprint density at radius 1 is 1.33 bits per heavy atom. The monoisotopic (exact) mass is 334 g/mol. The molecule has 0 aromatic heterocycles. The third-order valence-corrected chi connectivity index (χ3v) is 5.03. The fourth-order valence-corrected chi connectivity index (χ4v) is 3.86. The van der Waals surface area contributed by atoms with Crippen LogP contribution in [0.4, 0.5) is 0 Å². The summed E-state index contributed by atoms with van der Waals surface area (Å²) in [4.78, 5) is 0.297. The van der Waals surface area contributed by atoms with E-state index in [1.54, 1.807) is 19.2 Å². The van der Waals surface area contributed by atoms with E-state index in [4.69, 9.17) is 4.74 Å². The second kappa shape index (κ2) is 7.45. The lowest BCUT2D eigenvalue weighted by Crippen LogP contribution is -2.37. The summed E-state index contributed by atoms with van der Waals surface area (Å²) in [6.07, 6.45) is 2.12. The van der Waals surface area contributed by atoms with Crippen molar-refractivity contribution in [3.63, 3.8) is 0 Å². The molecule has 0 radical (unpaired) electrons. The molecule has 0 aliphatic carbocycles. The van der Waals surface area contributed by atoms with Gasteiger partial charge in [-0.3, -0.25) is 0 Å². The van der Waals surface area contributed by atoms with Gasteiger partial charge in [-0.05, 0) is 56.5 Å². The van der Waals surface area contributed by atoms with Crippen LogP contribution < -0.4 is 14.8 Å². The maximum absolute atomic E-state index is 12.3. The number of methoxy groups -OCH3 is 1. The third-order valence-electron chi connectivity index (χ3n) is 3.63. The molecule has 1 aromatic carbocycles. The number of benzene rings is 1. The first-order chi connectivity index (χ1) is 9.44. The largest absolute Gasteiger partial charge is 0.496 e. The Labute approximate surface area is 132 Å². The Morgan fingerprint density at radius 2 is 1.95 bits per heavy atom. The smallest absolute Gasteiger partial charge is 0.240 e. The first kappa shape index (κ1) is 18.2. The highest BCUT2D eigenvalue weighted by molar-refractivity contribution is 7.89. The van der Waals surface area contributed by atoms with Gasteiger partial charge in [0.1, 0.15) is 5.75 Å². The van der Waals surface area contributed by atoms with Gasteiger partial charge in [-0.15, -0.1) is 12.4 Å². The van der Waals surface area contributed by atoms with Crippen LogP contribution in [-0.4, -0.2) is 34.7 Å². The van der Waals surface area contributed by atoms with Crippen molar-refractivity contribution >= 4 is 22.4 Å². The Hall–Kier alpha value is -0.820. The zero-order valence-electron chi connectivity index (χ0n) is 12.6. The molecule has 5 nitrogen and oxygen atoms in total. The van der Waals surface area contributed by atoms with Crippen LogP contribution in [0.5, 0.6) is 5.75 Å². The number of halogens is 1. The van der Waals surface area contributed by atoms with E-state index in [9.17, 15) is 8.42 Å². The van der Waals surface area contributed by atoms with Crippen LogP contribution in [0.15, 0.2) is 17.0 Å². The molecule has 0 bridgehead atoms. The van der Waals surface area contributed by atoms with Crippen LogP contribution in [0.3, 0.4) is 0 Å². The van der Waals surface area contributed by atoms with E-state index in [2.05, 4.69) is 10.0 Å². The summed E-state index contributed by atoms with van der Waals surface area (Å²) >= 11 is 0. The first-order valence-corrected chi connectivity index (χ1v) is 8.30. The minimum absolute atomic E-state index is 0. The molecule has 21 heavy (non-hydrogen) atoms. The lowest BCUT2D eigenvalue weighted by atomic mass is 10.1. The lowest BCUT2D eigenvalue weighted by Gasteiger charge is -2.14. The second-order valence-corrected chi connectivity index (χ2v) is 7.00. The Kier molecular flexibility index (Phi) is 6.46. The minimum Gasteiger partial charge on any atom is -0.496 e.